The fourth-order valence-electron chi connectivity index (χ4n) is 2.48. The van der Waals surface area contributed by atoms with Crippen LogP contribution in [-0.2, 0) is 16.0 Å². The molecule has 1 aliphatic rings. The Morgan fingerprint density at radius 3 is 2.92 bits per heavy atom. The van der Waals surface area contributed by atoms with Gasteiger partial charge in [-0.15, -0.1) is 0 Å². The van der Waals surface area contributed by atoms with E-state index in [9.17, 15) is 4.79 Å². The van der Waals surface area contributed by atoms with Gasteiger partial charge in [-0.05, 0) is 43.3 Å². The lowest BCUT2D eigenvalue weighted by atomic mass is 10.0. The van der Waals surface area contributed by atoms with Crippen molar-refractivity contribution in [1.82, 2.24) is 0 Å². The number of carbonyl (C=O) groups is 1. The molecule has 1 aliphatic heterocycles. The molecule has 1 atom stereocenters. The van der Waals surface area contributed by atoms with E-state index in [1.54, 1.807) is 36.4 Å². The summed E-state index contributed by atoms with van der Waals surface area (Å²) < 4.78 is 5.36. The van der Waals surface area contributed by atoms with Crippen LogP contribution in [0.2, 0.25) is 10.0 Å². The monoisotopic (exact) mass is 381 g/mol. The third kappa shape index (κ3) is 4.44. The van der Waals surface area contributed by atoms with Gasteiger partial charge in [0.25, 0.3) is 5.91 Å². The van der Waals surface area contributed by atoms with Gasteiger partial charge < -0.3 is 14.9 Å². The van der Waals surface area contributed by atoms with Crippen molar-refractivity contribution in [2.75, 3.05) is 18.5 Å². The van der Waals surface area contributed by atoms with Crippen LogP contribution in [0.5, 0.6) is 5.75 Å². The zero-order valence-electron chi connectivity index (χ0n) is 13.6. The molecule has 1 unspecified atom stereocenters. The molecule has 0 saturated carbocycles. The molecule has 1 amide bonds. The number of carbonyl (C=O) groups excluding carboxylic acids is 1. The fraction of sp³-hybridized carbons (Fsp3) is 0.278. The summed E-state index contributed by atoms with van der Waals surface area (Å²) in [6, 6.07) is 10.1. The largest absolute Gasteiger partial charge is 0.379 e. The van der Waals surface area contributed by atoms with Crippen LogP contribution in [0.1, 0.15) is 22.8 Å². The van der Waals surface area contributed by atoms with Crippen LogP contribution in [0.25, 0.3) is 0 Å². The summed E-state index contributed by atoms with van der Waals surface area (Å²) >= 11 is 12.0. The number of halogens is 2. The number of ether oxygens (including phenoxy) is 1. The molecule has 0 fully saturated rings. The molecule has 25 heavy (non-hydrogen) atoms. The highest BCUT2D eigenvalue weighted by molar-refractivity contribution is 6.35. The van der Waals surface area contributed by atoms with Gasteiger partial charge in [0.1, 0.15) is 6.10 Å². The van der Waals surface area contributed by atoms with Crippen LogP contribution < -0.4 is 10.2 Å². The maximum atomic E-state index is 12.5. The number of nitrogens with one attached hydrogen (secondary N) is 1. The fourth-order valence-corrected chi connectivity index (χ4v) is 2.82. The number of hydrogen-bond acceptors (Lipinski definition) is 4. The number of anilines is 1. The van der Waals surface area contributed by atoms with Crippen LogP contribution in [0.4, 0.5) is 5.69 Å². The number of hydrogen-bond donors (Lipinski definition) is 1. The second-order valence-corrected chi connectivity index (χ2v) is 6.41. The second-order valence-electron chi connectivity index (χ2n) is 5.57. The smallest absolute Gasteiger partial charge is 0.255 e. The average molecular weight is 382 g/mol. The summed E-state index contributed by atoms with van der Waals surface area (Å²) in [5.74, 6) is 0.324. The quantitative estimate of drug-likeness (QED) is 0.773. The molecule has 0 bridgehead atoms. The van der Waals surface area contributed by atoms with Gasteiger partial charge in [0.05, 0.1) is 17.3 Å². The number of amides is 1. The average Bonchev–Trinajstić information content (AvgIpc) is 2.62. The third-order valence-corrected chi connectivity index (χ3v) is 4.29. The van der Waals surface area contributed by atoms with Gasteiger partial charge in [-0.2, -0.15) is 4.89 Å². The Labute approximate surface area is 155 Å². The second kappa shape index (κ2) is 8.06. The Morgan fingerprint density at radius 1 is 1.28 bits per heavy atom. The lowest BCUT2D eigenvalue weighted by Crippen LogP contribution is -2.28. The van der Waals surface area contributed by atoms with E-state index >= 15 is 0 Å². The zero-order chi connectivity index (χ0) is 17.8. The van der Waals surface area contributed by atoms with E-state index in [2.05, 4.69) is 5.32 Å². The van der Waals surface area contributed by atoms with Crippen molar-refractivity contribution in [1.29, 1.82) is 0 Å². The summed E-state index contributed by atoms with van der Waals surface area (Å²) in [4.78, 5) is 23.1. The van der Waals surface area contributed by atoms with Crippen LogP contribution in [0.3, 0.4) is 0 Å². The zero-order valence-corrected chi connectivity index (χ0v) is 15.1. The molecule has 0 spiro atoms. The van der Waals surface area contributed by atoms with E-state index in [0.29, 0.717) is 46.7 Å². The van der Waals surface area contributed by atoms with E-state index in [1.165, 1.54) is 0 Å². The van der Waals surface area contributed by atoms with Crippen LogP contribution >= 0.6 is 23.2 Å². The Hall–Kier alpha value is -1.79. The molecular formula is C18H17Cl2NO4. The maximum absolute atomic E-state index is 12.5. The standard InChI is InChI=1S/C18H17Cl2NO4/c1-2-23-10-14-8-12-7-11(3-6-17(12)25-24-14)18(22)21-16-9-13(19)4-5-15(16)20/h3-7,9,14H,2,8,10H2,1H3,(H,21,22). The summed E-state index contributed by atoms with van der Waals surface area (Å²) in [5.41, 5.74) is 1.85. The molecule has 1 heterocycles. The maximum Gasteiger partial charge on any atom is 0.255 e. The summed E-state index contributed by atoms with van der Waals surface area (Å²) in [7, 11) is 0. The first-order valence-electron chi connectivity index (χ1n) is 7.87. The Kier molecular flexibility index (Phi) is 5.81. The topological polar surface area (TPSA) is 56.8 Å². The molecule has 0 saturated heterocycles. The van der Waals surface area contributed by atoms with Crippen molar-refractivity contribution < 1.29 is 19.3 Å². The normalized spacial score (nSPS) is 16.0. The molecule has 0 radical (unpaired) electrons. The highest BCUT2D eigenvalue weighted by Gasteiger charge is 2.23. The van der Waals surface area contributed by atoms with E-state index < -0.39 is 0 Å². The van der Waals surface area contributed by atoms with Crippen molar-refractivity contribution in [2.24, 2.45) is 0 Å². The van der Waals surface area contributed by atoms with Crippen LogP contribution in [0.15, 0.2) is 36.4 Å². The minimum Gasteiger partial charge on any atom is -0.379 e. The van der Waals surface area contributed by atoms with Gasteiger partial charge in [0, 0.05) is 29.2 Å². The summed E-state index contributed by atoms with van der Waals surface area (Å²) in [6.45, 7) is 2.96. The lowest BCUT2D eigenvalue weighted by molar-refractivity contribution is -0.264. The first-order valence-corrected chi connectivity index (χ1v) is 8.63. The highest BCUT2D eigenvalue weighted by atomic mass is 35.5. The van der Waals surface area contributed by atoms with E-state index in [0.717, 1.165) is 5.56 Å². The summed E-state index contributed by atoms with van der Waals surface area (Å²) in [5, 5.41) is 3.68. The van der Waals surface area contributed by atoms with E-state index in [-0.39, 0.29) is 12.0 Å². The number of benzene rings is 2. The van der Waals surface area contributed by atoms with Crippen molar-refractivity contribution >= 4 is 34.8 Å². The SMILES string of the molecule is CCOCC1Cc2cc(C(=O)Nc3cc(Cl)ccc3Cl)ccc2OO1. The predicted molar refractivity (Wildman–Crippen MR) is 96.6 cm³/mol. The molecule has 3 rings (SSSR count). The predicted octanol–water partition coefficient (Wildman–Crippen LogP) is 4.52. The van der Waals surface area contributed by atoms with Crippen molar-refractivity contribution in [3.8, 4) is 5.75 Å². The van der Waals surface area contributed by atoms with Gasteiger partial charge in [-0.3, -0.25) is 4.79 Å². The molecule has 2 aromatic rings. The first kappa shape index (κ1) is 18.0. The molecule has 132 valence electrons. The Morgan fingerprint density at radius 2 is 2.12 bits per heavy atom. The van der Waals surface area contributed by atoms with E-state index in [4.69, 9.17) is 37.7 Å². The van der Waals surface area contributed by atoms with Crippen molar-refractivity contribution in [3.63, 3.8) is 0 Å². The molecule has 5 nitrogen and oxygen atoms in total. The van der Waals surface area contributed by atoms with Crippen molar-refractivity contribution in [3.05, 3.63) is 57.6 Å². The van der Waals surface area contributed by atoms with E-state index in [1.807, 2.05) is 6.92 Å². The Bertz CT molecular complexity index is 782. The molecule has 7 heteroatoms. The molecule has 0 aromatic heterocycles. The first-order chi connectivity index (χ1) is 12.1. The lowest BCUT2D eigenvalue weighted by Gasteiger charge is -2.24. The number of fused-ring (bicyclic) bond motifs is 1. The molecule has 0 aliphatic carbocycles. The highest BCUT2D eigenvalue weighted by Crippen LogP contribution is 2.29. The van der Waals surface area contributed by atoms with Crippen LogP contribution in [-0.4, -0.2) is 25.2 Å². The number of rotatable bonds is 5. The Balaban J connectivity index is 1.75. The van der Waals surface area contributed by atoms with Gasteiger partial charge >= 0.3 is 0 Å². The van der Waals surface area contributed by atoms with Gasteiger partial charge in [-0.1, -0.05) is 23.2 Å². The van der Waals surface area contributed by atoms with Crippen LogP contribution in [0, 0.1) is 0 Å². The molecule has 1 N–H and O–H groups in total. The molecular weight excluding hydrogens is 365 g/mol. The summed E-state index contributed by atoms with van der Waals surface area (Å²) in [6.07, 6.45) is 0.405. The third-order valence-electron chi connectivity index (χ3n) is 3.73. The van der Waals surface area contributed by atoms with Crippen molar-refractivity contribution in [2.45, 2.75) is 19.4 Å². The van der Waals surface area contributed by atoms with Gasteiger partial charge in [0.15, 0.2) is 5.75 Å². The van der Waals surface area contributed by atoms with Gasteiger partial charge in [-0.25, -0.2) is 0 Å². The van der Waals surface area contributed by atoms with Gasteiger partial charge in [0.2, 0.25) is 0 Å². The minimum absolute atomic E-state index is 0.201. The molecule has 2 aromatic carbocycles. The minimum atomic E-state index is -0.278.